The lowest BCUT2D eigenvalue weighted by atomic mass is 9.93. The third-order valence-corrected chi connectivity index (χ3v) is 2.40. The van der Waals surface area contributed by atoms with Crippen LogP contribution in [0.25, 0.3) is 5.57 Å². The summed E-state index contributed by atoms with van der Waals surface area (Å²) in [5, 5.41) is 11.9. The van der Waals surface area contributed by atoms with E-state index < -0.39 is 0 Å². The molecule has 1 aliphatic rings. The maximum atomic E-state index is 8.69. The first kappa shape index (κ1) is 8.94. The highest BCUT2D eigenvalue weighted by Crippen LogP contribution is 2.24. The summed E-state index contributed by atoms with van der Waals surface area (Å²) in [6.07, 6.45) is 8.47. The fourth-order valence-electron chi connectivity index (χ4n) is 1.68. The van der Waals surface area contributed by atoms with E-state index in [0.717, 1.165) is 25.0 Å². The smallest absolute Gasteiger partial charge is 0.0798 e. The summed E-state index contributed by atoms with van der Waals surface area (Å²) in [5.41, 5.74) is 3.16. The Kier molecular flexibility index (Phi) is 2.58. The topological polar surface area (TPSA) is 45.5 Å². The van der Waals surface area contributed by atoms with Crippen LogP contribution in [0.15, 0.2) is 35.8 Å². The van der Waals surface area contributed by atoms with Gasteiger partial charge in [0.05, 0.1) is 5.71 Å². The van der Waals surface area contributed by atoms with Crippen LogP contribution in [-0.4, -0.2) is 15.9 Å². The highest BCUT2D eigenvalue weighted by Gasteiger charge is 2.10. The van der Waals surface area contributed by atoms with Crippen molar-refractivity contribution in [1.29, 1.82) is 0 Å². The molecule has 1 aromatic rings. The number of nitrogens with zero attached hydrogens (tertiary/aromatic N) is 2. The fraction of sp³-hybridized carbons (Fsp3) is 0.273. The SMILES string of the molecule is O/N=C1/C=C(c2ccncc2)CCC1. The number of allylic oxidation sites excluding steroid dienone is 2. The molecule has 0 spiro atoms. The third kappa shape index (κ3) is 1.82. The first-order valence-corrected chi connectivity index (χ1v) is 4.72. The molecule has 0 unspecified atom stereocenters. The van der Waals surface area contributed by atoms with E-state index in [2.05, 4.69) is 10.1 Å². The zero-order valence-electron chi connectivity index (χ0n) is 7.85. The highest BCUT2D eigenvalue weighted by atomic mass is 16.4. The molecule has 0 fully saturated rings. The van der Waals surface area contributed by atoms with Crippen molar-refractivity contribution in [3.8, 4) is 0 Å². The van der Waals surface area contributed by atoms with E-state index in [1.54, 1.807) is 12.4 Å². The van der Waals surface area contributed by atoms with E-state index in [1.807, 2.05) is 18.2 Å². The second-order valence-corrected chi connectivity index (χ2v) is 3.35. The van der Waals surface area contributed by atoms with E-state index in [-0.39, 0.29) is 0 Å². The zero-order valence-corrected chi connectivity index (χ0v) is 7.85. The lowest BCUT2D eigenvalue weighted by Crippen LogP contribution is -2.02. The van der Waals surface area contributed by atoms with Gasteiger partial charge in [-0.05, 0) is 48.6 Å². The summed E-state index contributed by atoms with van der Waals surface area (Å²) in [4.78, 5) is 3.97. The Morgan fingerprint density at radius 2 is 2.00 bits per heavy atom. The first-order valence-electron chi connectivity index (χ1n) is 4.72. The summed E-state index contributed by atoms with van der Waals surface area (Å²) in [6.45, 7) is 0. The van der Waals surface area contributed by atoms with Crippen molar-refractivity contribution in [3.63, 3.8) is 0 Å². The number of rotatable bonds is 1. The van der Waals surface area contributed by atoms with Gasteiger partial charge in [0, 0.05) is 12.4 Å². The Morgan fingerprint density at radius 1 is 1.21 bits per heavy atom. The monoisotopic (exact) mass is 188 g/mol. The quantitative estimate of drug-likeness (QED) is 0.543. The molecule has 0 bridgehead atoms. The molecule has 3 nitrogen and oxygen atoms in total. The van der Waals surface area contributed by atoms with Gasteiger partial charge in [0.15, 0.2) is 0 Å². The minimum Gasteiger partial charge on any atom is -0.411 e. The predicted octanol–water partition coefficient (Wildman–Crippen LogP) is 2.48. The maximum absolute atomic E-state index is 8.69. The van der Waals surface area contributed by atoms with Gasteiger partial charge in [-0.25, -0.2) is 0 Å². The normalized spacial score (nSPS) is 19.4. The molecular weight excluding hydrogens is 176 g/mol. The average Bonchev–Trinajstić information content (AvgIpc) is 2.30. The van der Waals surface area contributed by atoms with Crippen LogP contribution in [-0.2, 0) is 0 Å². The Bertz CT molecular complexity index is 368. The van der Waals surface area contributed by atoms with Gasteiger partial charge in [-0.1, -0.05) is 5.16 Å². The van der Waals surface area contributed by atoms with E-state index in [4.69, 9.17) is 5.21 Å². The van der Waals surface area contributed by atoms with Gasteiger partial charge in [0.1, 0.15) is 0 Å². The Hall–Kier alpha value is -1.64. The molecule has 0 radical (unpaired) electrons. The third-order valence-electron chi connectivity index (χ3n) is 2.40. The van der Waals surface area contributed by atoms with Crippen LogP contribution < -0.4 is 0 Å². The lowest BCUT2D eigenvalue weighted by molar-refractivity contribution is 0.318. The van der Waals surface area contributed by atoms with Crippen molar-refractivity contribution in [2.24, 2.45) is 5.16 Å². The standard InChI is InChI=1S/C11H12N2O/c14-13-11-3-1-2-10(8-11)9-4-6-12-7-5-9/h4-8,14H,1-3H2/b13-11+. The molecule has 0 aliphatic heterocycles. The average molecular weight is 188 g/mol. The molecule has 0 saturated heterocycles. The van der Waals surface area contributed by atoms with Gasteiger partial charge in [-0.3, -0.25) is 4.98 Å². The lowest BCUT2D eigenvalue weighted by Gasteiger charge is -2.13. The van der Waals surface area contributed by atoms with Crippen molar-refractivity contribution in [2.45, 2.75) is 19.3 Å². The summed E-state index contributed by atoms with van der Waals surface area (Å²) in [6, 6.07) is 3.96. The Labute approximate surface area is 82.8 Å². The van der Waals surface area contributed by atoms with E-state index >= 15 is 0 Å². The van der Waals surface area contributed by atoms with E-state index in [9.17, 15) is 0 Å². The zero-order chi connectivity index (χ0) is 9.80. The van der Waals surface area contributed by atoms with Crippen molar-refractivity contribution in [1.82, 2.24) is 4.98 Å². The van der Waals surface area contributed by atoms with Crippen LogP contribution in [0.5, 0.6) is 0 Å². The molecule has 0 amide bonds. The molecule has 1 heterocycles. The van der Waals surface area contributed by atoms with Crippen LogP contribution in [0.2, 0.25) is 0 Å². The molecule has 0 saturated carbocycles. The van der Waals surface area contributed by atoms with Crippen LogP contribution in [0.1, 0.15) is 24.8 Å². The molecule has 1 aromatic heterocycles. The second kappa shape index (κ2) is 4.05. The molecule has 1 N–H and O–H groups in total. The molecule has 0 aromatic carbocycles. The van der Waals surface area contributed by atoms with Crippen LogP contribution in [0, 0.1) is 0 Å². The number of hydrogen-bond donors (Lipinski definition) is 1. The molecule has 3 heteroatoms. The van der Waals surface area contributed by atoms with E-state index in [1.165, 1.54) is 11.1 Å². The summed E-state index contributed by atoms with van der Waals surface area (Å²) in [7, 11) is 0. The minimum absolute atomic E-state index is 0.767. The minimum atomic E-state index is 0.767. The first-order chi connectivity index (χ1) is 6.90. The number of aromatic nitrogens is 1. The van der Waals surface area contributed by atoms with Crippen molar-refractivity contribution in [2.75, 3.05) is 0 Å². The van der Waals surface area contributed by atoms with Gasteiger partial charge < -0.3 is 5.21 Å². The number of pyridine rings is 1. The summed E-state index contributed by atoms with van der Waals surface area (Å²) >= 11 is 0. The maximum Gasteiger partial charge on any atom is 0.0798 e. The second-order valence-electron chi connectivity index (χ2n) is 3.35. The van der Waals surface area contributed by atoms with Gasteiger partial charge >= 0.3 is 0 Å². The van der Waals surface area contributed by atoms with Crippen molar-refractivity contribution >= 4 is 11.3 Å². The molecule has 0 atom stereocenters. The van der Waals surface area contributed by atoms with Crippen molar-refractivity contribution in [3.05, 3.63) is 36.2 Å². The summed E-state index contributed by atoms with van der Waals surface area (Å²) < 4.78 is 0. The Balaban J connectivity index is 2.31. The van der Waals surface area contributed by atoms with Crippen LogP contribution in [0.4, 0.5) is 0 Å². The number of hydrogen-bond acceptors (Lipinski definition) is 3. The van der Waals surface area contributed by atoms with E-state index in [0.29, 0.717) is 0 Å². The Morgan fingerprint density at radius 3 is 2.71 bits per heavy atom. The number of oxime groups is 1. The van der Waals surface area contributed by atoms with Gasteiger partial charge in [0.2, 0.25) is 0 Å². The molecule has 14 heavy (non-hydrogen) atoms. The molecular formula is C11H12N2O. The summed E-state index contributed by atoms with van der Waals surface area (Å²) in [5.74, 6) is 0. The van der Waals surface area contributed by atoms with Gasteiger partial charge in [0.25, 0.3) is 0 Å². The van der Waals surface area contributed by atoms with Crippen molar-refractivity contribution < 1.29 is 5.21 Å². The molecule has 1 aliphatic carbocycles. The van der Waals surface area contributed by atoms with Crippen LogP contribution >= 0.6 is 0 Å². The fourth-order valence-corrected chi connectivity index (χ4v) is 1.68. The van der Waals surface area contributed by atoms with Crippen LogP contribution in [0.3, 0.4) is 0 Å². The highest BCUT2D eigenvalue weighted by molar-refractivity contribution is 6.01. The van der Waals surface area contributed by atoms with Gasteiger partial charge in [-0.2, -0.15) is 0 Å². The molecule has 2 rings (SSSR count). The van der Waals surface area contributed by atoms with Gasteiger partial charge in [-0.15, -0.1) is 0 Å². The largest absolute Gasteiger partial charge is 0.411 e. The molecule has 72 valence electrons. The predicted molar refractivity (Wildman–Crippen MR) is 55.3 cm³/mol.